The monoisotopic (exact) mass is 512 g/mol. The maximum atomic E-state index is 12.8. The van der Waals surface area contributed by atoms with Crippen molar-refractivity contribution in [2.45, 2.75) is 44.2 Å². The highest BCUT2D eigenvalue weighted by atomic mass is 16.6. The Morgan fingerprint density at radius 1 is 0.865 bits per heavy atom. The number of piperidine rings is 2. The number of anilines is 1. The molecule has 10 nitrogen and oxygen atoms in total. The lowest BCUT2D eigenvalue weighted by Gasteiger charge is -2.42. The number of hydrogen-bond donors (Lipinski definition) is 1. The summed E-state index contributed by atoms with van der Waals surface area (Å²) < 4.78 is 5.40. The minimum Gasteiger partial charge on any atom is -0.439 e. The molecule has 0 saturated carbocycles. The van der Waals surface area contributed by atoms with Gasteiger partial charge in [-0.1, -0.05) is 18.2 Å². The summed E-state index contributed by atoms with van der Waals surface area (Å²) in [7, 11) is 2.16. The summed E-state index contributed by atoms with van der Waals surface area (Å²) in [6.07, 6.45) is 3.73. The van der Waals surface area contributed by atoms with E-state index in [1.165, 1.54) is 0 Å². The van der Waals surface area contributed by atoms with E-state index < -0.39 is 6.09 Å². The van der Waals surface area contributed by atoms with E-state index in [1.54, 1.807) is 4.90 Å². The molecule has 3 fully saturated rings. The fourth-order valence-electron chi connectivity index (χ4n) is 6.07. The molecule has 0 spiro atoms. The molecule has 4 aliphatic rings. The third-order valence-corrected chi connectivity index (χ3v) is 8.50. The van der Waals surface area contributed by atoms with E-state index in [0.717, 1.165) is 69.8 Å². The summed E-state index contributed by atoms with van der Waals surface area (Å²) in [5.41, 5.74) is 2.02. The number of rotatable bonds is 4. The normalized spacial score (nSPS) is 22.8. The van der Waals surface area contributed by atoms with Crippen LogP contribution in [0.5, 0.6) is 0 Å². The summed E-state index contributed by atoms with van der Waals surface area (Å²) in [6.45, 7) is 7.34. The number of fused-ring (bicyclic) bond motifs is 1. The van der Waals surface area contributed by atoms with Crippen molar-refractivity contribution in [1.29, 1.82) is 0 Å². The summed E-state index contributed by atoms with van der Waals surface area (Å²) in [5.74, 6) is -0.110. The SMILES string of the molecule is CN1CCN(C2CCN(C(=O)COC(=O)N3CCC(N4CCc5ccccc5NC4=O)CC3)CC2)CC1. The molecule has 1 aromatic carbocycles. The van der Waals surface area contributed by atoms with Crippen molar-refractivity contribution in [3.8, 4) is 0 Å². The van der Waals surface area contributed by atoms with Gasteiger partial charge in [0.2, 0.25) is 0 Å². The molecule has 0 bridgehead atoms. The largest absolute Gasteiger partial charge is 0.439 e. The van der Waals surface area contributed by atoms with Crippen LogP contribution in [0, 0.1) is 0 Å². The molecule has 4 heterocycles. The van der Waals surface area contributed by atoms with Gasteiger partial charge < -0.3 is 29.7 Å². The molecule has 1 aromatic rings. The zero-order valence-corrected chi connectivity index (χ0v) is 21.9. The number of nitrogens with one attached hydrogen (secondary N) is 1. The molecular formula is C27H40N6O4. The Morgan fingerprint density at radius 3 is 2.24 bits per heavy atom. The van der Waals surface area contributed by atoms with E-state index in [4.69, 9.17) is 4.74 Å². The minimum absolute atomic E-state index is 0.0760. The van der Waals surface area contributed by atoms with Crippen LogP contribution in [0.3, 0.4) is 0 Å². The summed E-state index contributed by atoms with van der Waals surface area (Å²) in [4.78, 5) is 48.5. The van der Waals surface area contributed by atoms with Gasteiger partial charge in [0.15, 0.2) is 6.61 Å². The fourth-order valence-corrected chi connectivity index (χ4v) is 6.07. The predicted octanol–water partition coefficient (Wildman–Crippen LogP) is 1.92. The Bertz CT molecular complexity index is 965. The fraction of sp³-hybridized carbons (Fsp3) is 0.667. The molecule has 3 saturated heterocycles. The van der Waals surface area contributed by atoms with E-state index in [-0.39, 0.29) is 24.6 Å². The van der Waals surface area contributed by atoms with E-state index in [0.29, 0.717) is 38.5 Å². The molecule has 37 heavy (non-hydrogen) atoms. The number of para-hydroxylation sites is 1. The molecule has 0 aromatic heterocycles. The molecule has 0 radical (unpaired) electrons. The number of ether oxygens (including phenoxy) is 1. The molecule has 0 unspecified atom stereocenters. The topological polar surface area (TPSA) is 88.7 Å². The molecule has 0 atom stereocenters. The Labute approximate surface area is 219 Å². The second-order valence-electron chi connectivity index (χ2n) is 10.8. The van der Waals surface area contributed by atoms with E-state index in [2.05, 4.69) is 28.2 Å². The lowest BCUT2D eigenvalue weighted by Crippen LogP contribution is -2.53. The number of hydrogen-bond acceptors (Lipinski definition) is 6. The van der Waals surface area contributed by atoms with Crippen LogP contribution in [0.15, 0.2) is 24.3 Å². The molecule has 202 valence electrons. The van der Waals surface area contributed by atoms with Crippen molar-refractivity contribution in [2.75, 3.05) is 77.9 Å². The number of nitrogens with zero attached hydrogens (tertiary/aromatic N) is 5. The first kappa shape index (κ1) is 25.8. The number of benzene rings is 1. The molecule has 5 rings (SSSR count). The van der Waals surface area contributed by atoms with Crippen LogP contribution in [0.2, 0.25) is 0 Å². The quantitative estimate of drug-likeness (QED) is 0.663. The van der Waals surface area contributed by atoms with Crippen LogP contribution < -0.4 is 5.32 Å². The van der Waals surface area contributed by atoms with Gasteiger partial charge in [-0.05, 0) is 50.8 Å². The average molecular weight is 513 g/mol. The highest BCUT2D eigenvalue weighted by Gasteiger charge is 2.33. The number of piperazine rings is 1. The predicted molar refractivity (Wildman–Crippen MR) is 140 cm³/mol. The van der Waals surface area contributed by atoms with Crippen LogP contribution in [-0.4, -0.2) is 127 Å². The minimum atomic E-state index is -0.438. The molecular weight excluding hydrogens is 472 g/mol. The molecule has 4 aliphatic heterocycles. The molecule has 1 N–H and O–H groups in total. The second kappa shape index (κ2) is 11.7. The molecule has 4 amide bonds. The summed E-state index contributed by atoms with van der Waals surface area (Å²) in [6, 6.07) is 8.46. The Morgan fingerprint density at radius 2 is 1.51 bits per heavy atom. The third kappa shape index (κ3) is 6.18. The van der Waals surface area contributed by atoms with E-state index in [1.807, 2.05) is 28.0 Å². The van der Waals surface area contributed by atoms with Crippen molar-refractivity contribution in [2.24, 2.45) is 0 Å². The van der Waals surface area contributed by atoms with Gasteiger partial charge in [-0.3, -0.25) is 9.69 Å². The standard InChI is InChI=1S/C27H40N6O4/c1-29-16-18-30(19-17-29)22-7-11-31(12-8-22)25(34)20-37-27(36)32-13-9-23(10-14-32)33-15-6-21-4-2-3-5-24(21)28-26(33)35/h2-5,22-23H,6-20H2,1H3,(H,28,35). The second-order valence-corrected chi connectivity index (χ2v) is 10.8. The van der Waals surface area contributed by atoms with E-state index in [9.17, 15) is 14.4 Å². The van der Waals surface area contributed by atoms with Gasteiger partial charge in [0.05, 0.1) is 0 Å². The van der Waals surface area contributed by atoms with Crippen molar-refractivity contribution in [1.82, 2.24) is 24.5 Å². The number of carbonyl (C=O) groups excluding carboxylic acids is 3. The van der Waals surface area contributed by atoms with Crippen LogP contribution in [0.1, 0.15) is 31.2 Å². The maximum absolute atomic E-state index is 12.8. The lowest BCUT2D eigenvalue weighted by molar-refractivity contribution is -0.136. The van der Waals surface area contributed by atoms with Gasteiger partial charge in [-0.25, -0.2) is 9.59 Å². The summed E-state index contributed by atoms with van der Waals surface area (Å²) in [5, 5.41) is 3.03. The third-order valence-electron chi connectivity index (χ3n) is 8.50. The van der Waals surface area contributed by atoms with E-state index >= 15 is 0 Å². The van der Waals surface area contributed by atoms with Gasteiger partial charge in [0, 0.05) is 76.7 Å². The van der Waals surface area contributed by atoms with Gasteiger partial charge in [0.1, 0.15) is 0 Å². The lowest BCUT2D eigenvalue weighted by atomic mass is 10.0. The Kier molecular flexibility index (Phi) is 8.14. The number of amides is 4. The first-order chi connectivity index (χ1) is 18.0. The van der Waals surface area contributed by atoms with Crippen LogP contribution in [0.25, 0.3) is 0 Å². The van der Waals surface area contributed by atoms with Crippen molar-refractivity contribution < 1.29 is 19.1 Å². The van der Waals surface area contributed by atoms with Crippen molar-refractivity contribution >= 4 is 23.7 Å². The molecule has 10 heteroatoms. The van der Waals surface area contributed by atoms with Crippen molar-refractivity contribution in [3.63, 3.8) is 0 Å². The summed E-state index contributed by atoms with van der Waals surface area (Å²) >= 11 is 0. The van der Waals surface area contributed by atoms with Gasteiger partial charge in [-0.2, -0.15) is 0 Å². The highest BCUT2D eigenvalue weighted by Crippen LogP contribution is 2.25. The zero-order valence-electron chi connectivity index (χ0n) is 21.9. The number of urea groups is 1. The van der Waals surface area contributed by atoms with Gasteiger partial charge >= 0.3 is 12.1 Å². The van der Waals surface area contributed by atoms with Crippen LogP contribution in [0.4, 0.5) is 15.3 Å². The number of likely N-dealkylation sites (tertiary alicyclic amines) is 2. The maximum Gasteiger partial charge on any atom is 0.410 e. The van der Waals surface area contributed by atoms with Gasteiger partial charge in [-0.15, -0.1) is 0 Å². The highest BCUT2D eigenvalue weighted by molar-refractivity contribution is 5.91. The first-order valence-electron chi connectivity index (χ1n) is 13.8. The average Bonchev–Trinajstić information content (AvgIpc) is 3.10. The first-order valence-corrected chi connectivity index (χ1v) is 13.8. The van der Waals surface area contributed by atoms with Crippen molar-refractivity contribution in [3.05, 3.63) is 29.8 Å². The smallest absolute Gasteiger partial charge is 0.410 e. The number of likely N-dealkylation sites (N-methyl/N-ethyl adjacent to an activating group) is 1. The zero-order chi connectivity index (χ0) is 25.8. The van der Waals surface area contributed by atoms with Crippen LogP contribution >= 0.6 is 0 Å². The van der Waals surface area contributed by atoms with Crippen LogP contribution in [-0.2, 0) is 16.0 Å². The Hall–Kier alpha value is -2.85. The Balaban J connectivity index is 1.02. The van der Waals surface area contributed by atoms with Gasteiger partial charge in [0.25, 0.3) is 5.91 Å². The molecule has 0 aliphatic carbocycles. The number of carbonyl (C=O) groups is 3.